The third-order valence-electron chi connectivity index (χ3n) is 6.02. The van der Waals surface area contributed by atoms with Crippen molar-refractivity contribution in [3.8, 4) is 17.0 Å². The van der Waals surface area contributed by atoms with Crippen molar-refractivity contribution in [2.75, 3.05) is 6.61 Å². The first-order valence-electron chi connectivity index (χ1n) is 12.0. The number of nitrogens with zero attached hydrogens (tertiary/aromatic N) is 3. The van der Waals surface area contributed by atoms with E-state index < -0.39 is 58.2 Å². The predicted octanol–water partition coefficient (Wildman–Crippen LogP) is 5.78. The molecule has 0 aliphatic carbocycles. The van der Waals surface area contributed by atoms with Gasteiger partial charge in [-0.2, -0.15) is 26.3 Å². The van der Waals surface area contributed by atoms with Crippen molar-refractivity contribution in [3.05, 3.63) is 94.7 Å². The zero-order valence-electron chi connectivity index (χ0n) is 21.6. The van der Waals surface area contributed by atoms with Crippen LogP contribution in [-0.2, 0) is 39.3 Å². The van der Waals surface area contributed by atoms with Gasteiger partial charge in [-0.15, -0.1) is 5.10 Å². The Labute approximate surface area is 235 Å². The summed E-state index contributed by atoms with van der Waals surface area (Å²) in [5.74, 6) is -1.77. The van der Waals surface area contributed by atoms with Crippen molar-refractivity contribution >= 4 is 15.8 Å². The van der Waals surface area contributed by atoms with Crippen LogP contribution in [0.3, 0.4) is 0 Å². The summed E-state index contributed by atoms with van der Waals surface area (Å²) in [5, 5.41) is 16.6. The minimum atomic E-state index is -5.05. The minimum absolute atomic E-state index is 0.0148. The van der Waals surface area contributed by atoms with Gasteiger partial charge in [-0.05, 0) is 54.4 Å². The molecule has 42 heavy (non-hydrogen) atoms. The summed E-state index contributed by atoms with van der Waals surface area (Å²) in [4.78, 5) is 10.6. The van der Waals surface area contributed by atoms with Crippen molar-refractivity contribution in [3.63, 3.8) is 0 Å². The van der Waals surface area contributed by atoms with Crippen molar-refractivity contribution in [1.29, 1.82) is 0 Å². The van der Waals surface area contributed by atoms with Crippen LogP contribution in [0.5, 0.6) is 5.75 Å². The largest absolute Gasteiger partial charge is 0.482 e. The molecule has 0 aliphatic heterocycles. The molecule has 0 atom stereocenters. The number of carboxylic acids is 1. The summed E-state index contributed by atoms with van der Waals surface area (Å²) in [6.07, 6.45) is -10.1. The number of aliphatic carboxylic acids is 1. The molecule has 0 saturated carbocycles. The van der Waals surface area contributed by atoms with E-state index in [2.05, 4.69) is 10.3 Å². The molecule has 4 rings (SSSR count). The SMILES string of the molecule is Cc1cc(S(=O)(=O)Cc2nnn(Cc3cc(C(F)(F)F)cc(C(F)(F)F)c3)c2-c2ccccc2)ccc1OCC(=O)O. The van der Waals surface area contributed by atoms with E-state index in [1.807, 2.05) is 0 Å². The average molecular weight is 614 g/mol. The van der Waals surface area contributed by atoms with Gasteiger partial charge in [-0.1, -0.05) is 35.5 Å². The number of hydrogen-bond donors (Lipinski definition) is 1. The Morgan fingerprint density at radius 3 is 2.10 bits per heavy atom. The molecule has 1 aromatic heterocycles. The lowest BCUT2D eigenvalue weighted by molar-refractivity contribution is -0.143. The summed E-state index contributed by atoms with van der Waals surface area (Å²) < 4.78 is 113. The van der Waals surface area contributed by atoms with E-state index in [-0.39, 0.29) is 33.7 Å². The number of carbonyl (C=O) groups is 1. The molecule has 0 aliphatic rings. The van der Waals surface area contributed by atoms with Gasteiger partial charge >= 0.3 is 18.3 Å². The lowest BCUT2D eigenvalue weighted by Gasteiger charge is -2.15. The number of aryl methyl sites for hydroxylation is 1. The fourth-order valence-electron chi connectivity index (χ4n) is 4.13. The quantitative estimate of drug-likeness (QED) is 0.239. The van der Waals surface area contributed by atoms with Crippen LogP contribution >= 0.6 is 0 Å². The van der Waals surface area contributed by atoms with Crippen LogP contribution in [0.25, 0.3) is 11.3 Å². The van der Waals surface area contributed by atoms with Gasteiger partial charge in [0.05, 0.1) is 28.3 Å². The highest BCUT2D eigenvalue weighted by molar-refractivity contribution is 7.90. The van der Waals surface area contributed by atoms with Crippen molar-refractivity contribution in [1.82, 2.24) is 15.0 Å². The molecule has 1 N–H and O–H groups in total. The van der Waals surface area contributed by atoms with Gasteiger partial charge in [0.25, 0.3) is 0 Å². The smallest absolute Gasteiger partial charge is 0.416 e. The third-order valence-corrected chi connectivity index (χ3v) is 7.64. The second kappa shape index (κ2) is 11.5. The Morgan fingerprint density at radius 2 is 1.55 bits per heavy atom. The molecule has 0 amide bonds. The van der Waals surface area contributed by atoms with E-state index >= 15 is 0 Å². The number of benzene rings is 3. The molecule has 0 spiro atoms. The van der Waals surface area contributed by atoms with Crippen molar-refractivity contribution < 1.29 is 49.4 Å². The zero-order valence-corrected chi connectivity index (χ0v) is 22.4. The number of alkyl halides is 6. The number of rotatable bonds is 9. The zero-order chi connectivity index (χ0) is 30.9. The monoisotopic (exact) mass is 613 g/mol. The van der Waals surface area contributed by atoms with Gasteiger partial charge in [0.1, 0.15) is 17.2 Å². The predicted molar refractivity (Wildman–Crippen MR) is 136 cm³/mol. The maximum absolute atomic E-state index is 13.4. The highest BCUT2D eigenvalue weighted by Gasteiger charge is 2.37. The van der Waals surface area contributed by atoms with Crippen LogP contribution in [0.2, 0.25) is 0 Å². The molecule has 3 aromatic carbocycles. The highest BCUT2D eigenvalue weighted by atomic mass is 32.2. The molecule has 4 aromatic rings. The summed E-state index contributed by atoms with van der Waals surface area (Å²) in [7, 11) is -4.11. The standard InChI is InChI=1S/C27H21F6N3O5S/c1-16-9-21(7-8-23(16)41-14-24(37)38)42(39,40)15-22-25(18-5-3-2-4-6-18)36(35-34-22)13-17-10-19(26(28,29)30)12-20(11-17)27(31,32)33/h2-12H,13-15H2,1H3,(H,37,38). The van der Waals surface area contributed by atoms with Gasteiger partial charge in [-0.25, -0.2) is 17.9 Å². The first kappa shape index (κ1) is 30.6. The topological polar surface area (TPSA) is 111 Å². The molecule has 0 unspecified atom stereocenters. The minimum Gasteiger partial charge on any atom is -0.482 e. The van der Waals surface area contributed by atoms with E-state index in [1.165, 1.54) is 25.1 Å². The number of sulfone groups is 1. The lowest BCUT2D eigenvalue weighted by Crippen LogP contribution is -2.13. The van der Waals surface area contributed by atoms with E-state index in [0.717, 1.165) is 4.68 Å². The van der Waals surface area contributed by atoms with Crippen LogP contribution in [0.4, 0.5) is 26.3 Å². The summed E-state index contributed by atoms with van der Waals surface area (Å²) >= 11 is 0. The highest BCUT2D eigenvalue weighted by Crippen LogP contribution is 2.37. The number of halogens is 6. The first-order valence-corrected chi connectivity index (χ1v) is 13.6. The van der Waals surface area contributed by atoms with E-state index in [4.69, 9.17) is 9.84 Å². The average Bonchev–Trinajstić information content (AvgIpc) is 3.28. The molecule has 8 nitrogen and oxygen atoms in total. The van der Waals surface area contributed by atoms with Crippen LogP contribution < -0.4 is 4.74 Å². The number of carboxylic acid groups (broad SMARTS) is 1. The Morgan fingerprint density at radius 1 is 0.929 bits per heavy atom. The van der Waals surface area contributed by atoms with Gasteiger partial charge < -0.3 is 9.84 Å². The fraction of sp³-hybridized carbons (Fsp3) is 0.222. The van der Waals surface area contributed by atoms with Gasteiger partial charge in [0.15, 0.2) is 16.4 Å². The molecule has 222 valence electrons. The van der Waals surface area contributed by atoms with Crippen LogP contribution in [0.15, 0.2) is 71.6 Å². The van der Waals surface area contributed by atoms with Gasteiger partial charge in [0, 0.05) is 5.56 Å². The second-order valence-electron chi connectivity index (χ2n) is 9.19. The third kappa shape index (κ3) is 7.08. The Balaban J connectivity index is 1.74. The fourth-order valence-corrected chi connectivity index (χ4v) is 5.49. The Bertz CT molecular complexity index is 1690. The lowest BCUT2D eigenvalue weighted by atomic mass is 10.0. The normalized spacial score (nSPS) is 12.4. The van der Waals surface area contributed by atoms with E-state index in [9.17, 15) is 39.6 Å². The van der Waals surface area contributed by atoms with Crippen molar-refractivity contribution in [2.24, 2.45) is 0 Å². The molecule has 15 heteroatoms. The second-order valence-corrected chi connectivity index (χ2v) is 11.2. The molecule has 0 fully saturated rings. The molecule has 0 radical (unpaired) electrons. The van der Waals surface area contributed by atoms with E-state index in [0.29, 0.717) is 23.3 Å². The van der Waals surface area contributed by atoms with Gasteiger partial charge in [-0.3, -0.25) is 0 Å². The van der Waals surface area contributed by atoms with Gasteiger partial charge in [0.2, 0.25) is 0 Å². The van der Waals surface area contributed by atoms with Crippen LogP contribution in [0.1, 0.15) is 27.9 Å². The summed E-state index contributed by atoms with van der Waals surface area (Å²) in [5.41, 5.74) is -2.65. The molecular formula is C27H21F6N3O5S. The summed E-state index contributed by atoms with van der Waals surface area (Å²) in [6.45, 7) is 0.317. The van der Waals surface area contributed by atoms with Crippen molar-refractivity contribution in [2.45, 2.75) is 36.5 Å². The Kier molecular flexibility index (Phi) is 8.34. The van der Waals surface area contributed by atoms with E-state index in [1.54, 1.807) is 30.3 Å². The molecule has 0 saturated heterocycles. The molecular weight excluding hydrogens is 592 g/mol. The van der Waals surface area contributed by atoms with Crippen LogP contribution in [0, 0.1) is 6.92 Å². The maximum Gasteiger partial charge on any atom is 0.416 e. The number of ether oxygens (including phenoxy) is 1. The molecule has 1 heterocycles. The molecule has 0 bridgehead atoms. The number of aromatic nitrogens is 3. The van der Waals surface area contributed by atoms with Crippen LogP contribution in [-0.4, -0.2) is 41.1 Å². The Hall–Kier alpha value is -4.40. The number of hydrogen-bond acceptors (Lipinski definition) is 6. The summed E-state index contributed by atoms with van der Waals surface area (Å²) in [6, 6.07) is 13.0. The first-order chi connectivity index (χ1) is 19.5. The maximum atomic E-state index is 13.4.